The normalized spacial score (nSPS) is 17.3. The zero-order valence-corrected chi connectivity index (χ0v) is 12.9. The van der Waals surface area contributed by atoms with Crippen molar-refractivity contribution in [3.05, 3.63) is 35.5 Å². The molecule has 3 aromatic rings. The number of halogens is 1. The average molecular weight is 317 g/mol. The third kappa shape index (κ3) is 2.76. The Morgan fingerprint density at radius 1 is 1.36 bits per heavy atom. The summed E-state index contributed by atoms with van der Waals surface area (Å²) in [6, 6.07) is 5.82. The van der Waals surface area contributed by atoms with Crippen LogP contribution in [0.5, 0.6) is 0 Å². The average Bonchev–Trinajstić information content (AvgIpc) is 3.17. The van der Waals surface area contributed by atoms with Gasteiger partial charge in [-0.25, -0.2) is 14.4 Å². The van der Waals surface area contributed by atoms with Gasteiger partial charge in [0.2, 0.25) is 0 Å². The second kappa shape index (κ2) is 5.78. The highest BCUT2D eigenvalue weighted by Crippen LogP contribution is 2.27. The number of thiophene rings is 1. The van der Waals surface area contributed by atoms with Crippen molar-refractivity contribution in [2.45, 2.75) is 25.6 Å². The first-order valence-corrected chi connectivity index (χ1v) is 8.25. The molecule has 1 fully saturated rings. The van der Waals surface area contributed by atoms with Gasteiger partial charge < -0.3 is 4.42 Å². The maximum absolute atomic E-state index is 13.2. The molecular formula is C16H16FN3OS. The van der Waals surface area contributed by atoms with Gasteiger partial charge in [-0.1, -0.05) is 0 Å². The standard InChI is InChI=1S/C16H16FN3OS/c17-12-3-5-20(6-4-12)10-13-8-11-9-18-15(19-16(11)22-13)14-2-1-7-21-14/h1-2,7-9,12H,3-6,10H2. The van der Waals surface area contributed by atoms with Crippen LogP contribution in [0.3, 0.4) is 0 Å². The number of aromatic nitrogens is 2. The lowest BCUT2D eigenvalue weighted by atomic mass is 10.1. The molecular weight excluding hydrogens is 301 g/mol. The molecule has 3 aromatic heterocycles. The fourth-order valence-corrected chi connectivity index (χ4v) is 3.81. The first kappa shape index (κ1) is 13.8. The van der Waals surface area contributed by atoms with Gasteiger partial charge in [0.15, 0.2) is 11.6 Å². The quantitative estimate of drug-likeness (QED) is 0.735. The molecule has 0 aliphatic carbocycles. The summed E-state index contributed by atoms with van der Waals surface area (Å²) >= 11 is 1.67. The Kier molecular flexibility index (Phi) is 3.63. The van der Waals surface area contributed by atoms with E-state index in [9.17, 15) is 4.39 Å². The van der Waals surface area contributed by atoms with E-state index in [-0.39, 0.29) is 0 Å². The van der Waals surface area contributed by atoms with Crippen LogP contribution in [0.15, 0.2) is 35.1 Å². The first-order valence-electron chi connectivity index (χ1n) is 7.44. The molecule has 0 radical (unpaired) electrons. The van der Waals surface area contributed by atoms with Crippen molar-refractivity contribution in [1.82, 2.24) is 14.9 Å². The molecule has 0 amide bonds. The molecule has 0 saturated carbocycles. The largest absolute Gasteiger partial charge is 0.461 e. The molecule has 1 saturated heterocycles. The van der Waals surface area contributed by atoms with Crippen LogP contribution >= 0.6 is 11.3 Å². The SMILES string of the molecule is FC1CCN(Cc2cc3cnc(-c4ccco4)nc3s2)CC1. The molecule has 1 aliphatic heterocycles. The lowest BCUT2D eigenvalue weighted by Gasteiger charge is -2.27. The van der Waals surface area contributed by atoms with Crippen LogP contribution in [0.1, 0.15) is 17.7 Å². The van der Waals surface area contributed by atoms with Gasteiger partial charge in [0, 0.05) is 36.1 Å². The van der Waals surface area contributed by atoms with Gasteiger partial charge in [-0.15, -0.1) is 11.3 Å². The molecule has 22 heavy (non-hydrogen) atoms. The van der Waals surface area contributed by atoms with Crippen molar-refractivity contribution in [1.29, 1.82) is 0 Å². The maximum Gasteiger partial charge on any atom is 0.197 e. The van der Waals surface area contributed by atoms with Crippen molar-refractivity contribution < 1.29 is 8.81 Å². The zero-order chi connectivity index (χ0) is 14.9. The molecule has 6 heteroatoms. The second-order valence-electron chi connectivity index (χ2n) is 5.59. The summed E-state index contributed by atoms with van der Waals surface area (Å²) in [4.78, 5) is 13.5. The Balaban J connectivity index is 1.55. The predicted octanol–water partition coefficient (Wildman–Crippen LogP) is 3.89. The Labute approximate surface area is 131 Å². The van der Waals surface area contributed by atoms with Gasteiger partial charge in [0.1, 0.15) is 11.0 Å². The molecule has 0 bridgehead atoms. The molecule has 1 aliphatic rings. The summed E-state index contributed by atoms with van der Waals surface area (Å²) in [7, 11) is 0. The van der Waals surface area contributed by atoms with E-state index in [1.807, 2.05) is 18.3 Å². The van der Waals surface area contributed by atoms with Gasteiger partial charge in [0.05, 0.1) is 6.26 Å². The highest BCUT2D eigenvalue weighted by Gasteiger charge is 2.19. The third-order valence-electron chi connectivity index (χ3n) is 3.96. The molecule has 114 valence electrons. The summed E-state index contributed by atoms with van der Waals surface area (Å²) in [5.74, 6) is 1.30. The smallest absolute Gasteiger partial charge is 0.197 e. The van der Waals surface area contributed by atoms with E-state index in [2.05, 4.69) is 20.9 Å². The van der Waals surface area contributed by atoms with Gasteiger partial charge in [-0.2, -0.15) is 0 Å². The number of likely N-dealkylation sites (tertiary alicyclic amines) is 1. The Hall–Kier alpha value is -1.79. The van der Waals surface area contributed by atoms with E-state index in [1.165, 1.54) is 4.88 Å². The van der Waals surface area contributed by atoms with Gasteiger partial charge >= 0.3 is 0 Å². The minimum Gasteiger partial charge on any atom is -0.461 e. The summed E-state index contributed by atoms with van der Waals surface area (Å²) in [6.45, 7) is 2.53. The fourth-order valence-electron chi connectivity index (χ4n) is 2.77. The lowest BCUT2D eigenvalue weighted by molar-refractivity contribution is 0.146. The first-order chi connectivity index (χ1) is 10.8. The van der Waals surface area contributed by atoms with Crippen LogP contribution in [-0.4, -0.2) is 34.1 Å². The van der Waals surface area contributed by atoms with Crippen LogP contribution in [0.2, 0.25) is 0 Å². The van der Waals surface area contributed by atoms with Crippen LogP contribution in [0, 0.1) is 0 Å². The minimum absolute atomic E-state index is 0.615. The van der Waals surface area contributed by atoms with Gasteiger partial charge in [-0.05, 0) is 31.0 Å². The van der Waals surface area contributed by atoms with Gasteiger partial charge in [-0.3, -0.25) is 4.90 Å². The van der Waals surface area contributed by atoms with Crippen LogP contribution in [0.25, 0.3) is 21.8 Å². The molecule has 0 aromatic carbocycles. The molecule has 0 atom stereocenters. The Morgan fingerprint density at radius 2 is 2.23 bits per heavy atom. The Morgan fingerprint density at radius 3 is 3.00 bits per heavy atom. The molecule has 0 N–H and O–H groups in total. The predicted molar refractivity (Wildman–Crippen MR) is 84.5 cm³/mol. The molecule has 4 rings (SSSR count). The Bertz CT molecular complexity index is 763. The number of hydrogen-bond donors (Lipinski definition) is 0. The van der Waals surface area contributed by atoms with Crippen molar-refractivity contribution in [3.63, 3.8) is 0 Å². The van der Waals surface area contributed by atoms with Crippen molar-refractivity contribution >= 4 is 21.6 Å². The van der Waals surface area contributed by atoms with Crippen molar-refractivity contribution in [2.24, 2.45) is 0 Å². The maximum atomic E-state index is 13.2. The number of alkyl halides is 1. The monoisotopic (exact) mass is 317 g/mol. The number of hydrogen-bond acceptors (Lipinski definition) is 5. The third-order valence-corrected chi connectivity index (χ3v) is 4.99. The summed E-state index contributed by atoms with van der Waals surface area (Å²) in [5.41, 5.74) is 0. The highest BCUT2D eigenvalue weighted by molar-refractivity contribution is 7.18. The van der Waals surface area contributed by atoms with E-state index < -0.39 is 6.17 Å². The summed E-state index contributed by atoms with van der Waals surface area (Å²) in [5, 5.41) is 1.05. The number of rotatable bonds is 3. The molecule has 0 unspecified atom stereocenters. The number of furan rings is 1. The van der Waals surface area contributed by atoms with Crippen LogP contribution in [-0.2, 0) is 6.54 Å². The number of nitrogens with zero attached hydrogens (tertiary/aromatic N) is 3. The molecule has 0 spiro atoms. The molecule has 4 heterocycles. The van der Waals surface area contributed by atoms with Crippen molar-refractivity contribution in [2.75, 3.05) is 13.1 Å². The van der Waals surface area contributed by atoms with E-state index in [4.69, 9.17) is 4.42 Å². The zero-order valence-electron chi connectivity index (χ0n) is 12.0. The molecule has 4 nitrogen and oxygen atoms in total. The van der Waals surface area contributed by atoms with Gasteiger partial charge in [0.25, 0.3) is 0 Å². The van der Waals surface area contributed by atoms with E-state index in [1.54, 1.807) is 17.6 Å². The lowest BCUT2D eigenvalue weighted by Crippen LogP contribution is -2.33. The minimum atomic E-state index is -0.625. The number of piperidine rings is 1. The highest BCUT2D eigenvalue weighted by atomic mass is 32.1. The van der Waals surface area contributed by atoms with E-state index in [0.717, 1.165) is 29.9 Å². The number of fused-ring (bicyclic) bond motifs is 1. The fraction of sp³-hybridized carbons (Fsp3) is 0.375. The topological polar surface area (TPSA) is 42.2 Å². The summed E-state index contributed by atoms with van der Waals surface area (Å²) < 4.78 is 18.5. The van der Waals surface area contributed by atoms with E-state index >= 15 is 0 Å². The van der Waals surface area contributed by atoms with Crippen LogP contribution in [0.4, 0.5) is 4.39 Å². The van der Waals surface area contributed by atoms with Crippen molar-refractivity contribution in [3.8, 4) is 11.6 Å². The van der Waals surface area contributed by atoms with E-state index in [0.29, 0.717) is 24.4 Å². The summed E-state index contributed by atoms with van der Waals surface area (Å²) in [6.07, 6.45) is 4.13. The second-order valence-corrected chi connectivity index (χ2v) is 6.71. The van der Waals surface area contributed by atoms with Crippen LogP contribution < -0.4 is 0 Å².